The van der Waals surface area contributed by atoms with Crippen molar-refractivity contribution in [3.8, 4) is 0 Å². The van der Waals surface area contributed by atoms with Crippen LogP contribution in [0.4, 0.5) is 0 Å². The Morgan fingerprint density at radius 1 is 1.71 bits per heavy atom. The SMILES string of the molecule is CNS(=O)(=O)CC(C)(NC(N)=S)c1nccs1. The maximum atomic E-state index is 11.6. The number of nitrogens with one attached hydrogen (secondary N) is 2. The summed E-state index contributed by atoms with van der Waals surface area (Å²) in [5.41, 5.74) is 4.50. The Hall–Kier alpha value is -0.770. The molecule has 6 nitrogen and oxygen atoms in total. The fourth-order valence-corrected chi connectivity index (χ4v) is 3.56. The normalized spacial score (nSPS) is 15.2. The number of nitrogens with two attached hydrogens (primary N) is 1. The predicted octanol–water partition coefficient (Wildman–Crippen LogP) is -0.259. The lowest BCUT2D eigenvalue weighted by atomic mass is 10.1. The predicted molar refractivity (Wildman–Crippen MR) is 72.2 cm³/mol. The Labute approximate surface area is 110 Å². The average molecular weight is 294 g/mol. The van der Waals surface area contributed by atoms with E-state index in [9.17, 15) is 8.42 Å². The van der Waals surface area contributed by atoms with E-state index in [1.54, 1.807) is 18.5 Å². The zero-order valence-electron chi connectivity index (χ0n) is 9.43. The van der Waals surface area contributed by atoms with Crippen molar-refractivity contribution in [3.63, 3.8) is 0 Å². The molecule has 17 heavy (non-hydrogen) atoms. The molecule has 0 radical (unpaired) electrons. The number of hydrogen-bond donors (Lipinski definition) is 3. The summed E-state index contributed by atoms with van der Waals surface area (Å²) in [4.78, 5) is 4.11. The van der Waals surface area contributed by atoms with Gasteiger partial charge in [0.15, 0.2) is 5.11 Å². The van der Waals surface area contributed by atoms with Gasteiger partial charge < -0.3 is 11.1 Å². The third kappa shape index (κ3) is 3.87. The molecule has 9 heteroatoms. The molecule has 0 bridgehead atoms. The molecule has 1 unspecified atom stereocenters. The zero-order valence-corrected chi connectivity index (χ0v) is 11.9. The van der Waals surface area contributed by atoms with Crippen LogP contribution in [-0.4, -0.2) is 31.3 Å². The first-order valence-electron chi connectivity index (χ1n) is 4.68. The molecule has 0 aliphatic heterocycles. The number of aromatic nitrogens is 1. The molecule has 0 aliphatic rings. The minimum Gasteiger partial charge on any atom is -0.376 e. The van der Waals surface area contributed by atoms with Crippen LogP contribution in [0.1, 0.15) is 11.9 Å². The van der Waals surface area contributed by atoms with Crippen molar-refractivity contribution < 1.29 is 8.42 Å². The van der Waals surface area contributed by atoms with Gasteiger partial charge in [-0.05, 0) is 26.2 Å². The number of sulfonamides is 1. The van der Waals surface area contributed by atoms with Gasteiger partial charge in [0.05, 0.1) is 5.75 Å². The Bertz CT molecular complexity index is 485. The first-order chi connectivity index (χ1) is 7.79. The maximum Gasteiger partial charge on any atom is 0.214 e. The summed E-state index contributed by atoms with van der Waals surface area (Å²) < 4.78 is 25.5. The molecule has 96 valence electrons. The topological polar surface area (TPSA) is 97.1 Å². The molecule has 4 N–H and O–H groups in total. The number of hydrogen-bond acceptors (Lipinski definition) is 5. The lowest BCUT2D eigenvalue weighted by molar-refractivity contribution is 0.473. The minimum atomic E-state index is -3.41. The Morgan fingerprint density at radius 3 is 2.76 bits per heavy atom. The third-order valence-corrected chi connectivity index (χ3v) is 4.81. The van der Waals surface area contributed by atoms with E-state index >= 15 is 0 Å². The van der Waals surface area contributed by atoms with Crippen LogP contribution in [0.5, 0.6) is 0 Å². The molecule has 1 atom stereocenters. The maximum absolute atomic E-state index is 11.6. The second-order valence-corrected chi connectivity index (χ2v) is 6.88. The van der Waals surface area contributed by atoms with E-state index in [1.807, 2.05) is 0 Å². The van der Waals surface area contributed by atoms with Crippen LogP contribution in [0.2, 0.25) is 0 Å². The van der Waals surface area contributed by atoms with Crippen molar-refractivity contribution in [2.24, 2.45) is 5.73 Å². The lowest BCUT2D eigenvalue weighted by Crippen LogP contribution is -2.51. The Morgan fingerprint density at radius 2 is 2.35 bits per heavy atom. The van der Waals surface area contributed by atoms with Crippen LogP contribution >= 0.6 is 23.6 Å². The van der Waals surface area contributed by atoms with Crippen molar-refractivity contribution in [2.45, 2.75) is 12.5 Å². The van der Waals surface area contributed by atoms with Gasteiger partial charge in [0.25, 0.3) is 0 Å². The summed E-state index contributed by atoms with van der Waals surface area (Å²) in [6.07, 6.45) is 1.60. The highest BCUT2D eigenvalue weighted by Gasteiger charge is 2.34. The lowest BCUT2D eigenvalue weighted by Gasteiger charge is -2.28. The second kappa shape index (κ2) is 5.25. The molecule has 1 heterocycles. The van der Waals surface area contributed by atoms with Crippen molar-refractivity contribution >= 4 is 38.7 Å². The monoisotopic (exact) mass is 294 g/mol. The van der Waals surface area contributed by atoms with Crippen LogP contribution in [0, 0.1) is 0 Å². The highest BCUT2D eigenvalue weighted by atomic mass is 32.2. The van der Waals surface area contributed by atoms with E-state index in [0.29, 0.717) is 5.01 Å². The summed E-state index contributed by atoms with van der Waals surface area (Å²) in [7, 11) is -2.05. The van der Waals surface area contributed by atoms with Gasteiger partial charge in [-0.3, -0.25) is 0 Å². The van der Waals surface area contributed by atoms with E-state index in [-0.39, 0.29) is 10.9 Å². The third-order valence-electron chi connectivity index (χ3n) is 2.09. The van der Waals surface area contributed by atoms with Gasteiger partial charge in [0, 0.05) is 11.6 Å². The van der Waals surface area contributed by atoms with Gasteiger partial charge in [-0.15, -0.1) is 11.3 Å². The number of thiocarbonyl (C=S) groups is 1. The van der Waals surface area contributed by atoms with Crippen LogP contribution in [0.3, 0.4) is 0 Å². The fourth-order valence-electron chi connectivity index (χ4n) is 1.37. The fraction of sp³-hybridized carbons (Fsp3) is 0.500. The number of thiazole rings is 1. The minimum absolute atomic E-state index is 0.0361. The summed E-state index contributed by atoms with van der Waals surface area (Å²) in [5, 5.41) is 5.20. The van der Waals surface area contributed by atoms with Gasteiger partial charge in [0.2, 0.25) is 10.0 Å². The van der Waals surface area contributed by atoms with Gasteiger partial charge in [-0.25, -0.2) is 18.1 Å². The summed E-state index contributed by atoms with van der Waals surface area (Å²) in [6.45, 7) is 1.69. The largest absolute Gasteiger partial charge is 0.376 e. The highest BCUT2D eigenvalue weighted by molar-refractivity contribution is 7.89. The van der Waals surface area contributed by atoms with Crippen molar-refractivity contribution in [2.75, 3.05) is 12.8 Å². The van der Waals surface area contributed by atoms with E-state index in [2.05, 4.69) is 15.0 Å². The molecule has 0 fully saturated rings. The van der Waals surface area contributed by atoms with Crippen LogP contribution in [-0.2, 0) is 15.6 Å². The zero-order chi connectivity index (χ0) is 13.1. The van der Waals surface area contributed by atoms with Gasteiger partial charge in [0.1, 0.15) is 10.5 Å². The summed E-state index contributed by atoms with van der Waals surface area (Å²) >= 11 is 6.11. The number of rotatable bonds is 5. The quantitative estimate of drug-likeness (QED) is 0.648. The molecule has 0 aromatic carbocycles. The summed E-state index contributed by atoms with van der Waals surface area (Å²) in [5.74, 6) is -0.193. The van der Waals surface area contributed by atoms with Gasteiger partial charge in [-0.2, -0.15) is 0 Å². The molecule has 1 aromatic heterocycles. The Balaban J connectivity index is 3.07. The van der Waals surface area contributed by atoms with E-state index in [0.717, 1.165) is 0 Å². The smallest absolute Gasteiger partial charge is 0.214 e. The molecule has 0 spiro atoms. The van der Waals surface area contributed by atoms with Gasteiger partial charge in [-0.1, -0.05) is 0 Å². The Kier molecular flexibility index (Phi) is 4.42. The summed E-state index contributed by atoms with van der Waals surface area (Å²) in [6, 6.07) is 0. The average Bonchev–Trinajstić information content (AvgIpc) is 2.68. The van der Waals surface area contributed by atoms with E-state index in [4.69, 9.17) is 18.0 Å². The molecular formula is C8H14N4O2S3. The standard InChI is InChI=1S/C8H14N4O2S3/c1-8(12-7(9)15,5-17(13,14)10-2)6-11-3-4-16-6/h3-4,10H,5H2,1-2H3,(H3,9,12,15). The molecule has 1 rings (SSSR count). The first-order valence-corrected chi connectivity index (χ1v) is 7.62. The van der Waals surface area contributed by atoms with Crippen molar-refractivity contribution in [1.82, 2.24) is 15.0 Å². The van der Waals surface area contributed by atoms with Crippen LogP contribution in [0.25, 0.3) is 0 Å². The molecule has 1 aromatic rings. The van der Waals surface area contributed by atoms with Crippen molar-refractivity contribution in [1.29, 1.82) is 0 Å². The number of nitrogens with zero attached hydrogens (tertiary/aromatic N) is 1. The molecule has 0 amide bonds. The van der Waals surface area contributed by atoms with E-state index < -0.39 is 15.6 Å². The molecular weight excluding hydrogens is 280 g/mol. The highest BCUT2D eigenvalue weighted by Crippen LogP contribution is 2.24. The molecule has 0 saturated heterocycles. The van der Waals surface area contributed by atoms with Gasteiger partial charge >= 0.3 is 0 Å². The first kappa shape index (κ1) is 14.3. The van der Waals surface area contributed by atoms with Crippen LogP contribution < -0.4 is 15.8 Å². The van der Waals surface area contributed by atoms with Crippen LogP contribution in [0.15, 0.2) is 11.6 Å². The van der Waals surface area contributed by atoms with Crippen molar-refractivity contribution in [3.05, 3.63) is 16.6 Å². The second-order valence-electron chi connectivity index (χ2n) is 3.62. The molecule has 0 aliphatic carbocycles. The molecule has 0 saturated carbocycles. The van der Waals surface area contributed by atoms with E-state index in [1.165, 1.54) is 18.4 Å².